The van der Waals surface area contributed by atoms with Crippen LogP contribution in [0.4, 0.5) is 0 Å². The summed E-state index contributed by atoms with van der Waals surface area (Å²) < 4.78 is 5.74. The molecular weight excluding hydrogens is 358 g/mol. The summed E-state index contributed by atoms with van der Waals surface area (Å²) in [5, 5.41) is 2.88. The first-order chi connectivity index (χ1) is 12.1. The number of nitrogens with one attached hydrogen (secondary N) is 1. The zero-order chi connectivity index (χ0) is 18.1. The minimum atomic E-state index is -0.417. The van der Waals surface area contributed by atoms with E-state index in [0.717, 1.165) is 34.5 Å². The van der Waals surface area contributed by atoms with Crippen LogP contribution >= 0.6 is 23.4 Å². The van der Waals surface area contributed by atoms with Gasteiger partial charge >= 0.3 is 0 Å². The Hall–Kier alpha value is -1.98. The predicted octanol–water partition coefficient (Wildman–Crippen LogP) is 3.54. The van der Waals surface area contributed by atoms with Crippen molar-refractivity contribution in [1.29, 1.82) is 0 Å². The lowest BCUT2D eigenvalue weighted by Gasteiger charge is -2.12. The Bertz CT molecular complexity index is 689. The van der Waals surface area contributed by atoms with Gasteiger partial charge in [-0.25, -0.2) is 0 Å². The van der Waals surface area contributed by atoms with E-state index in [1.807, 2.05) is 48.5 Å². The van der Waals surface area contributed by atoms with Crippen molar-refractivity contribution in [3.05, 3.63) is 64.7 Å². The number of ether oxygens (including phenoxy) is 1. The quantitative estimate of drug-likeness (QED) is 0.679. The molecule has 0 fully saturated rings. The highest BCUT2D eigenvalue weighted by molar-refractivity contribution is 8.13. The molecule has 2 rings (SSSR count). The lowest BCUT2D eigenvalue weighted by atomic mass is 10.1. The van der Waals surface area contributed by atoms with Crippen LogP contribution in [-0.2, 0) is 22.4 Å². The fourth-order valence-electron chi connectivity index (χ4n) is 2.30. The first-order valence-electron chi connectivity index (χ1n) is 7.89. The van der Waals surface area contributed by atoms with Crippen LogP contribution in [0.5, 0.6) is 5.75 Å². The van der Waals surface area contributed by atoms with Gasteiger partial charge in [-0.3, -0.25) is 9.59 Å². The van der Waals surface area contributed by atoms with Crippen molar-refractivity contribution in [2.24, 2.45) is 0 Å². The van der Waals surface area contributed by atoms with Gasteiger partial charge in [-0.1, -0.05) is 47.6 Å². The number of rotatable bonds is 9. The Morgan fingerprint density at radius 1 is 1.16 bits per heavy atom. The Labute approximate surface area is 156 Å². The van der Waals surface area contributed by atoms with Gasteiger partial charge in [-0.15, -0.1) is 0 Å². The molecule has 0 aliphatic carbocycles. The fraction of sp³-hybridized carbons (Fsp3) is 0.263. The minimum absolute atomic E-state index is 0.152. The summed E-state index contributed by atoms with van der Waals surface area (Å²) in [6.45, 7) is 0.572. The SMILES string of the molecule is CNC(=O)C(Cc1ccc(OCCc2ccc(Cl)cc2)cc1)SC=O. The van der Waals surface area contributed by atoms with Crippen LogP contribution in [0.3, 0.4) is 0 Å². The van der Waals surface area contributed by atoms with E-state index < -0.39 is 5.25 Å². The molecule has 0 spiro atoms. The monoisotopic (exact) mass is 377 g/mol. The van der Waals surface area contributed by atoms with Crippen molar-refractivity contribution < 1.29 is 14.3 Å². The maximum atomic E-state index is 11.7. The number of thioether (sulfide) groups is 1. The van der Waals surface area contributed by atoms with E-state index in [1.165, 1.54) is 5.56 Å². The van der Waals surface area contributed by atoms with Crippen LogP contribution in [0.1, 0.15) is 11.1 Å². The number of halogens is 1. The molecule has 132 valence electrons. The zero-order valence-electron chi connectivity index (χ0n) is 13.9. The van der Waals surface area contributed by atoms with Gasteiger partial charge in [0.05, 0.1) is 11.9 Å². The summed E-state index contributed by atoms with van der Waals surface area (Å²) >= 11 is 6.85. The van der Waals surface area contributed by atoms with Crippen molar-refractivity contribution >= 4 is 34.9 Å². The van der Waals surface area contributed by atoms with Gasteiger partial charge in [0.1, 0.15) is 5.75 Å². The third kappa shape index (κ3) is 6.44. The molecule has 6 heteroatoms. The smallest absolute Gasteiger partial charge is 0.233 e. The van der Waals surface area contributed by atoms with Crippen molar-refractivity contribution in [3.8, 4) is 5.75 Å². The van der Waals surface area contributed by atoms with E-state index in [0.29, 0.717) is 18.6 Å². The Kier molecular flexibility index (Phi) is 7.82. The first-order valence-corrected chi connectivity index (χ1v) is 9.21. The van der Waals surface area contributed by atoms with Gasteiger partial charge in [0.15, 0.2) is 5.62 Å². The molecule has 1 N–H and O–H groups in total. The number of hydrogen-bond donors (Lipinski definition) is 1. The van der Waals surface area contributed by atoms with Crippen molar-refractivity contribution in [2.75, 3.05) is 13.7 Å². The van der Waals surface area contributed by atoms with E-state index in [2.05, 4.69) is 5.32 Å². The number of benzene rings is 2. The fourth-order valence-corrected chi connectivity index (χ4v) is 3.09. The van der Waals surface area contributed by atoms with Crippen LogP contribution in [0.25, 0.3) is 0 Å². The third-order valence-corrected chi connectivity index (χ3v) is 4.75. The van der Waals surface area contributed by atoms with Gasteiger partial charge in [-0.2, -0.15) is 0 Å². The summed E-state index contributed by atoms with van der Waals surface area (Å²) in [5.74, 6) is 0.623. The summed E-state index contributed by atoms with van der Waals surface area (Å²) in [4.78, 5) is 22.4. The zero-order valence-corrected chi connectivity index (χ0v) is 15.5. The third-order valence-electron chi connectivity index (χ3n) is 3.68. The largest absolute Gasteiger partial charge is 0.493 e. The van der Waals surface area contributed by atoms with Crippen LogP contribution in [0.2, 0.25) is 5.02 Å². The lowest BCUT2D eigenvalue weighted by Crippen LogP contribution is -2.31. The normalized spacial score (nSPS) is 11.6. The Balaban J connectivity index is 1.85. The topological polar surface area (TPSA) is 55.4 Å². The van der Waals surface area contributed by atoms with Gasteiger partial charge in [0.2, 0.25) is 5.91 Å². The molecule has 0 saturated heterocycles. The Morgan fingerprint density at radius 3 is 2.40 bits per heavy atom. The second kappa shape index (κ2) is 10.1. The van der Waals surface area contributed by atoms with Gasteiger partial charge < -0.3 is 10.1 Å². The molecule has 0 heterocycles. The highest BCUT2D eigenvalue weighted by Gasteiger charge is 2.18. The van der Waals surface area contributed by atoms with Crippen LogP contribution in [0, 0.1) is 0 Å². The Morgan fingerprint density at radius 2 is 1.80 bits per heavy atom. The average molecular weight is 378 g/mol. The van der Waals surface area contributed by atoms with Crippen molar-refractivity contribution in [2.45, 2.75) is 18.1 Å². The molecule has 25 heavy (non-hydrogen) atoms. The lowest BCUT2D eigenvalue weighted by molar-refractivity contribution is -0.120. The molecule has 1 amide bonds. The molecule has 2 aromatic rings. The van der Waals surface area contributed by atoms with Crippen LogP contribution in [0.15, 0.2) is 48.5 Å². The molecule has 0 aliphatic rings. The number of carbonyl (C=O) groups is 2. The molecule has 2 aromatic carbocycles. The van der Waals surface area contributed by atoms with Gasteiger partial charge in [-0.05, 0) is 41.8 Å². The standard InChI is InChI=1S/C19H20ClNO3S/c1-21-19(23)18(25-13-22)12-15-4-8-17(9-5-15)24-11-10-14-2-6-16(20)7-3-14/h2-9,13,18H,10-12H2,1H3,(H,21,23). The molecule has 4 nitrogen and oxygen atoms in total. The van der Waals surface area contributed by atoms with Crippen LogP contribution in [-0.4, -0.2) is 30.4 Å². The van der Waals surface area contributed by atoms with E-state index in [-0.39, 0.29) is 5.91 Å². The molecule has 0 aliphatic heterocycles. The maximum absolute atomic E-state index is 11.7. The molecule has 0 radical (unpaired) electrons. The first kappa shape index (κ1) is 19.3. The summed E-state index contributed by atoms with van der Waals surface area (Å²) in [6.07, 6.45) is 1.29. The summed E-state index contributed by atoms with van der Waals surface area (Å²) in [5.41, 5.74) is 2.85. The molecule has 1 unspecified atom stereocenters. The second-order valence-electron chi connectivity index (χ2n) is 5.41. The number of carbonyl (C=O) groups excluding carboxylic acids is 2. The maximum Gasteiger partial charge on any atom is 0.233 e. The van der Waals surface area contributed by atoms with Crippen molar-refractivity contribution in [1.82, 2.24) is 5.32 Å². The van der Waals surface area contributed by atoms with Gasteiger partial charge in [0.25, 0.3) is 0 Å². The molecule has 1 atom stereocenters. The van der Waals surface area contributed by atoms with E-state index in [4.69, 9.17) is 16.3 Å². The predicted molar refractivity (Wildman–Crippen MR) is 103 cm³/mol. The second-order valence-corrected chi connectivity index (χ2v) is 6.88. The highest BCUT2D eigenvalue weighted by atomic mass is 35.5. The average Bonchev–Trinajstić information content (AvgIpc) is 2.63. The van der Waals surface area contributed by atoms with Crippen LogP contribution < -0.4 is 10.1 Å². The molecular formula is C19H20ClNO3S. The summed E-state index contributed by atoms with van der Waals surface area (Å²) in [7, 11) is 1.57. The van der Waals surface area contributed by atoms with E-state index >= 15 is 0 Å². The van der Waals surface area contributed by atoms with E-state index in [9.17, 15) is 9.59 Å². The number of amides is 1. The number of hydrogen-bond acceptors (Lipinski definition) is 4. The summed E-state index contributed by atoms with van der Waals surface area (Å²) in [6, 6.07) is 15.3. The van der Waals surface area contributed by atoms with E-state index in [1.54, 1.807) is 7.05 Å². The van der Waals surface area contributed by atoms with Gasteiger partial charge in [0, 0.05) is 18.5 Å². The highest BCUT2D eigenvalue weighted by Crippen LogP contribution is 2.18. The molecule has 0 aromatic heterocycles. The molecule has 0 saturated carbocycles. The minimum Gasteiger partial charge on any atom is -0.493 e. The molecule has 0 bridgehead atoms. The van der Waals surface area contributed by atoms with Crippen molar-refractivity contribution in [3.63, 3.8) is 0 Å².